The van der Waals surface area contributed by atoms with Crippen LogP contribution >= 0.6 is 22.9 Å². The Morgan fingerprint density at radius 1 is 1.36 bits per heavy atom. The number of carbonyl (C=O) groups excluding carboxylic acids is 1. The number of thiazole rings is 1. The summed E-state index contributed by atoms with van der Waals surface area (Å²) in [6, 6.07) is 3.52. The van der Waals surface area contributed by atoms with Gasteiger partial charge in [0.2, 0.25) is 0 Å². The highest BCUT2D eigenvalue weighted by atomic mass is 35.5. The van der Waals surface area contributed by atoms with Gasteiger partial charge in [0.15, 0.2) is 10.3 Å². The van der Waals surface area contributed by atoms with Gasteiger partial charge in [-0.05, 0) is 39.8 Å². The van der Waals surface area contributed by atoms with Crippen LogP contribution in [0.4, 0.5) is 4.79 Å². The second-order valence-electron chi connectivity index (χ2n) is 6.56. The van der Waals surface area contributed by atoms with E-state index in [9.17, 15) is 9.59 Å². The number of carbonyl (C=O) groups is 1. The Morgan fingerprint density at radius 2 is 2.08 bits per heavy atom. The number of halogens is 1. The average molecular weight is 381 g/mol. The lowest BCUT2D eigenvalue weighted by Gasteiger charge is -2.20. The number of nitrogens with zero attached hydrogens (tertiary/aromatic N) is 4. The fraction of sp³-hybridized carbons (Fsp3) is 0.375. The van der Waals surface area contributed by atoms with Gasteiger partial charge < -0.3 is 9.30 Å². The summed E-state index contributed by atoms with van der Waals surface area (Å²) in [5, 5.41) is 0. The fourth-order valence-corrected chi connectivity index (χ4v) is 3.37. The van der Waals surface area contributed by atoms with Crippen LogP contribution in [0.3, 0.4) is 0 Å². The molecule has 1 aromatic rings. The molecule has 0 aliphatic carbocycles. The van der Waals surface area contributed by atoms with Crippen molar-refractivity contribution in [2.24, 2.45) is 0 Å². The zero-order valence-corrected chi connectivity index (χ0v) is 15.8. The van der Waals surface area contributed by atoms with Crippen LogP contribution in [0.1, 0.15) is 31.3 Å². The van der Waals surface area contributed by atoms with E-state index >= 15 is 0 Å². The summed E-state index contributed by atoms with van der Waals surface area (Å²) in [5.74, 6) is 0.417. The van der Waals surface area contributed by atoms with Crippen molar-refractivity contribution in [1.82, 2.24) is 19.1 Å². The highest BCUT2D eigenvalue weighted by Crippen LogP contribution is 2.25. The van der Waals surface area contributed by atoms with Gasteiger partial charge in [0.1, 0.15) is 11.3 Å². The van der Waals surface area contributed by atoms with Crippen LogP contribution in [-0.4, -0.2) is 30.8 Å². The average Bonchev–Trinajstić information content (AvgIpc) is 3.03. The molecule has 0 fully saturated rings. The number of aromatic nitrogens is 4. The number of hydrogen-bond acceptors (Lipinski definition) is 6. The number of aryl methyl sites for hydroxylation is 1. The number of ether oxygens (including phenoxy) is 1. The minimum absolute atomic E-state index is 0.403. The molecule has 3 rings (SSSR count). The Hall–Kier alpha value is -2.19. The number of fused-ring (bicyclic) bond motifs is 1. The third kappa shape index (κ3) is 3.59. The maximum Gasteiger partial charge on any atom is 0.423 e. The Balaban J connectivity index is 2.05. The fourth-order valence-electron chi connectivity index (χ4n) is 2.40. The van der Waals surface area contributed by atoms with Crippen LogP contribution in [0.15, 0.2) is 23.1 Å². The molecular formula is C16H17ClN4O3S. The molecular weight excluding hydrogens is 364 g/mol. The van der Waals surface area contributed by atoms with Gasteiger partial charge in [-0.3, -0.25) is 0 Å². The lowest BCUT2D eigenvalue weighted by molar-refractivity contribution is 0.0534. The first-order valence-electron chi connectivity index (χ1n) is 7.58. The van der Waals surface area contributed by atoms with Crippen molar-refractivity contribution < 1.29 is 9.53 Å². The summed E-state index contributed by atoms with van der Waals surface area (Å²) in [6.45, 7) is 7.59. The quantitative estimate of drug-likeness (QED) is 0.680. The number of hydrogen-bond donors (Lipinski definition) is 0. The monoisotopic (exact) mass is 380 g/mol. The van der Waals surface area contributed by atoms with Crippen LogP contribution in [-0.2, 0) is 11.3 Å². The molecule has 2 aliphatic rings. The van der Waals surface area contributed by atoms with E-state index < -0.39 is 17.4 Å². The number of rotatable bonds is 2. The molecule has 132 valence electrons. The molecule has 7 nitrogen and oxygen atoms in total. The van der Waals surface area contributed by atoms with Gasteiger partial charge in [0, 0.05) is 16.8 Å². The third-order valence-electron chi connectivity index (χ3n) is 3.44. The van der Waals surface area contributed by atoms with Gasteiger partial charge in [-0.15, -0.1) is 11.3 Å². The van der Waals surface area contributed by atoms with Crippen LogP contribution in [0.25, 0.3) is 11.5 Å². The first kappa shape index (κ1) is 17.6. The predicted molar refractivity (Wildman–Crippen MR) is 95.7 cm³/mol. The smallest absolute Gasteiger partial charge is 0.423 e. The molecule has 1 aromatic heterocycles. The van der Waals surface area contributed by atoms with Crippen molar-refractivity contribution in [2.75, 3.05) is 0 Å². The van der Waals surface area contributed by atoms with E-state index in [2.05, 4.69) is 9.97 Å². The molecule has 9 heteroatoms. The Kier molecular flexibility index (Phi) is 4.42. The first-order valence-corrected chi connectivity index (χ1v) is 8.77. The van der Waals surface area contributed by atoms with Gasteiger partial charge in [-0.25, -0.2) is 14.6 Å². The highest BCUT2D eigenvalue weighted by molar-refractivity contribution is 7.15. The molecule has 0 bridgehead atoms. The lowest BCUT2D eigenvalue weighted by Crippen LogP contribution is -2.32. The van der Waals surface area contributed by atoms with Crippen LogP contribution in [0.2, 0.25) is 4.47 Å². The normalized spacial score (nSPS) is 11.9. The van der Waals surface area contributed by atoms with Crippen molar-refractivity contribution in [3.05, 3.63) is 43.9 Å². The largest absolute Gasteiger partial charge is 0.443 e. The molecule has 25 heavy (non-hydrogen) atoms. The van der Waals surface area contributed by atoms with Crippen LogP contribution in [0.5, 0.6) is 0 Å². The maximum atomic E-state index is 12.4. The molecule has 3 heterocycles. The van der Waals surface area contributed by atoms with E-state index in [1.165, 1.54) is 11.3 Å². The molecule has 0 unspecified atom stereocenters. The third-order valence-corrected chi connectivity index (χ3v) is 4.54. The van der Waals surface area contributed by atoms with Crippen LogP contribution in [0, 0.1) is 6.92 Å². The zero-order valence-electron chi connectivity index (χ0n) is 14.2. The molecule has 0 amide bonds. The second kappa shape index (κ2) is 6.27. The SMILES string of the molecule is Cc1ccc2n(C(=O)OC(C)(C)C)c(=O)nc-2n1Cc1cnc(Cl)s1. The van der Waals surface area contributed by atoms with Crippen LogP contribution < -0.4 is 5.69 Å². The Labute approximate surface area is 153 Å². The molecule has 0 saturated heterocycles. The van der Waals surface area contributed by atoms with Gasteiger partial charge in [0.25, 0.3) is 0 Å². The van der Waals surface area contributed by atoms with E-state index in [-0.39, 0.29) is 0 Å². The molecule has 2 aliphatic heterocycles. The van der Waals surface area contributed by atoms with Crippen molar-refractivity contribution in [2.45, 2.75) is 39.8 Å². The van der Waals surface area contributed by atoms with E-state index in [0.717, 1.165) is 15.1 Å². The summed E-state index contributed by atoms with van der Waals surface area (Å²) in [4.78, 5) is 33.7. The van der Waals surface area contributed by atoms with Gasteiger partial charge in [0.05, 0.1) is 6.54 Å². The van der Waals surface area contributed by atoms with E-state index in [0.29, 0.717) is 22.5 Å². The minimum Gasteiger partial charge on any atom is -0.443 e. The zero-order chi connectivity index (χ0) is 18.4. The summed E-state index contributed by atoms with van der Waals surface area (Å²) >= 11 is 7.24. The van der Waals surface area contributed by atoms with Crippen molar-refractivity contribution in [3.63, 3.8) is 0 Å². The Bertz CT molecular complexity index is 967. The van der Waals surface area contributed by atoms with Crippen molar-refractivity contribution in [1.29, 1.82) is 0 Å². The molecule has 0 aromatic carbocycles. The topological polar surface area (TPSA) is 79.0 Å². The summed E-state index contributed by atoms with van der Waals surface area (Å²) in [5.41, 5.74) is -0.0718. The maximum absolute atomic E-state index is 12.4. The molecule has 0 N–H and O–H groups in total. The summed E-state index contributed by atoms with van der Waals surface area (Å²) in [7, 11) is 0. The summed E-state index contributed by atoms with van der Waals surface area (Å²) in [6.07, 6.45) is 0.942. The van der Waals surface area contributed by atoms with Gasteiger partial charge >= 0.3 is 11.8 Å². The molecule has 0 spiro atoms. The standard InChI is InChI=1S/C16H17ClN4O3S/c1-9-5-6-11-12(20(9)8-10-7-18-13(17)25-10)19-14(22)21(11)15(23)24-16(2,3)4/h5-7H,8H2,1-4H3. The molecule has 0 atom stereocenters. The predicted octanol–water partition coefficient (Wildman–Crippen LogP) is 3.40. The van der Waals surface area contributed by atoms with Gasteiger partial charge in [-0.2, -0.15) is 9.55 Å². The minimum atomic E-state index is -0.740. The molecule has 0 radical (unpaired) electrons. The lowest BCUT2D eigenvalue weighted by atomic mass is 10.2. The highest BCUT2D eigenvalue weighted by Gasteiger charge is 2.27. The van der Waals surface area contributed by atoms with E-state index in [4.69, 9.17) is 16.3 Å². The van der Waals surface area contributed by atoms with E-state index in [1.807, 2.05) is 17.6 Å². The van der Waals surface area contributed by atoms with Gasteiger partial charge in [-0.1, -0.05) is 11.6 Å². The van der Waals surface area contributed by atoms with Crippen molar-refractivity contribution in [3.8, 4) is 11.5 Å². The Morgan fingerprint density at radius 3 is 2.68 bits per heavy atom. The molecule has 0 saturated carbocycles. The summed E-state index contributed by atoms with van der Waals surface area (Å²) < 4.78 is 8.56. The second-order valence-corrected chi connectivity index (χ2v) is 8.26. The number of imidazole rings is 1. The van der Waals surface area contributed by atoms with Crippen molar-refractivity contribution >= 4 is 29.0 Å². The van der Waals surface area contributed by atoms with E-state index in [1.54, 1.807) is 33.0 Å². The first-order chi connectivity index (χ1) is 11.7. The number of pyridine rings is 1.